The second-order valence-electron chi connectivity index (χ2n) is 4.27. The van der Waals surface area contributed by atoms with Crippen molar-refractivity contribution >= 4 is 11.6 Å². The Hall–Kier alpha value is -1.78. The molecule has 0 saturated carbocycles. The molecule has 0 unspecified atom stereocenters. The highest BCUT2D eigenvalue weighted by atomic mass is 35.5. The predicted octanol–water partition coefficient (Wildman–Crippen LogP) is 3.14. The first-order valence-corrected chi connectivity index (χ1v) is 6.58. The van der Waals surface area contributed by atoms with E-state index in [4.69, 9.17) is 21.1 Å². The lowest BCUT2D eigenvalue weighted by Gasteiger charge is -2.13. The summed E-state index contributed by atoms with van der Waals surface area (Å²) >= 11 is 6.28. The van der Waals surface area contributed by atoms with E-state index in [1.807, 2.05) is 25.4 Å². The quantitative estimate of drug-likeness (QED) is 0.919. The number of nitrogens with one attached hydrogen (secondary N) is 1. The van der Waals surface area contributed by atoms with E-state index in [0.717, 1.165) is 23.2 Å². The van der Waals surface area contributed by atoms with Gasteiger partial charge in [0.25, 0.3) is 0 Å². The van der Waals surface area contributed by atoms with E-state index in [1.165, 1.54) is 0 Å². The fourth-order valence-corrected chi connectivity index (χ4v) is 2.38. The van der Waals surface area contributed by atoms with Gasteiger partial charge in [-0.2, -0.15) is 0 Å². The van der Waals surface area contributed by atoms with Gasteiger partial charge in [-0.15, -0.1) is 0 Å². The summed E-state index contributed by atoms with van der Waals surface area (Å²) in [4.78, 5) is 4.26. The van der Waals surface area contributed by atoms with Crippen LogP contribution in [-0.4, -0.2) is 26.3 Å². The van der Waals surface area contributed by atoms with E-state index in [-0.39, 0.29) is 0 Å². The Morgan fingerprint density at radius 3 is 2.65 bits per heavy atom. The minimum absolute atomic E-state index is 0.464. The number of pyridine rings is 1. The average Bonchev–Trinajstić information content (AvgIpc) is 2.47. The first-order chi connectivity index (χ1) is 9.71. The van der Waals surface area contributed by atoms with Gasteiger partial charge in [0.2, 0.25) is 0 Å². The Labute approximate surface area is 123 Å². The molecule has 2 rings (SSSR count). The summed E-state index contributed by atoms with van der Waals surface area (Å²) in [5.74, 6) is 1.18. The van der Waals surface area contributed by atoms with Crippen molar-refractivity contribution in [2.45, 2.75) is 6.54 Å². The molecule has 4 nitrogen and oxygen atoms in total. The Bertz CT molecular complexity index is 602. The molecule has 0 saturated heterocycles. The smallest absolute Gasteiger partial charge is 0.149 e. The van der Waals surface area contributed by atoms with Crippen molar-refractivity contribution in [3.8, 4) is 22.6 Å². The van der Waals surface area contributed by atoms with Crippen LogP contribution >= 0.6 is 11.6 Å². The second kappa shape index (κ2) is 6.59. The van der Waals surface area contributed by atoms with Gasteiger partial charge < -0.3 is 14.8 Å². The average molecular weight is 293 g/mol. The predicted molar refractivity (Wildman–Crippen MR) is 80.6 cm³/mol. The lowest BCUT2D eigenvalue weighted by atomic mass is 10.0. The summed E-state index contributed by atoms with van der Waals surface area (Å²) in [7, 11) is 5.07. The van der Waals surface area contributed by atoms with E-state index < -0.39 is 0 Å². The third kappa shape index (κ3) is 2.86. The van der Waals surface area contributed by atoms with Gasteiger partial charge in [-0.3, -0.25) is 4.98 Å². The highest BCUT2D eigenvalue weighted by molar-refractivity contribution is 6.34. The van der Waals surface area contributed by atoms with E-state index >= 15 is 0 Å². The van der Waals surface area contributed by atoms with Crippen molar-refractivity contribution in [3.05, 3.63) is 41.2 Å². The van der Waals surface area contributed by atoms with Crippen LogP contribution in [0.2, 0.25) is 5.02 Å². The van der Waals surface area contributed by atoms with Crippen LogP contribution in [0.4, 0.5) is 0 Å². The summed E-state index contributed by atoms with van der Waals surface area (Å²) < 4.78 is 10.6. The van der Waals surface area contributed by atoms with Gasteiger partial charge in [-0.05, 0) is 30.8 Å². The standard InChI is InChI=1S/C15H17ClN2O2/c1-17-7-10-6-11(9-18-8-10)12-4-5-13(19-2)14(16)15(12)20-3/h4-6,8-9,17H,7H2,1-3H3. The van der Waals surface area contributed by atoms with E-state index in [2.05, 4.69) is 16.4 Å². The summed E-state index contributed by atoms with van der Waals surface area (Å²) in [6.45, 7) is 0.757. The zero-order valence-electron chi connectivity index (χ0n) is 11.7. The van der Waals surface area contributed by atoms with Crippen LogP contribution in [0, 0.1) is 0 Å². The SMILES string of the molecule is CNCc1cncc(-c2ccc(OC)c(Cl)c2OC)c1. The van der Waals surface area contributed by atoms with E-state index in [9.17, 15) is 0 Å². The molecule has 0 spiro atoms. The number of halogens is 1. The van der Waals surface area contributed by atoms with Crippen molar-refractivity contribution < 1.29 is 9.47 Å². The topological polar surface area (TPSA) is 43.4 Å². The molecule has 2 aromatic rings. The summed E-state index contributed by atoms with van der Waals surface area (Å²) in [6.07, 6.45) is 3.62. The second-order valence-corrected chi connectivity index (χ2v) is 4.65. The van der Waals surface area contributed by atoms with Gasteiger partial charge in [0.1, 0.15) is 16.5 Å². The molecule has 106 valence electrons. The van der Waals surface area contributed by atoms with Gasteiger partial charge in [-0.25, -0.2) is 0 Å². The van der Waals surface area contributed by atoms with Crippen LogP contribution in [0.15, 0.2) is 30.6 Å². The molecule has 0 atom stereocenters. The number of benzene rings is 1. The van der Waals surface area contributed by atoms with Crippen LogP contribution in [-0.2, 0) is 6.54 Å². The first-order valence-electron chi connectivity index (χ1n) is 6.20. The minimum atomic E-state index is 0.464. The Morgan fingerprint density at radius 2 is 2.00 bits per heavy atom. The van der Waals surface area contributed by atoms with Crippen LogP contribution in [0.3, 0.4) is 0 Å². The number of methoxy groups -OCH3 is 2. The molecule has 0 fully saturated rings. The van der Waals surface area contributed by atoms with E-state index in [0.29, 0.717) is 16.5 Å². The number of hydrogen-bond acceptors (Lipinski definition) is 4. The molecular weight excluding hydrogens is 276 g/mol. The molecule has 0 radical (unpaired) electrons. The maximum absolute atomic E-state index is 6.28. The fraction of sp³-hybridized carbons (Fsp3) is 0.267. The van der Waals surface area contributed by atoms with Crippen molar-refractivity contribution in [3.63, 3.8) is 0 Å². The molecule has 0 aliphatic carbocycles. The molecule has 1 aromatic heterocycles. The molecule has 20 heavy (non-hydrogen) atoms. The number of aromatic nitrogens is 1. The summed E-state index contributed by atoms with van der Waals surface area (Å²) in [5.41, 5.74) is 2.95. The number of hydrogen-bond donors (Lipinski definition) is 1. The highest BCUT2D eigenvalue weighted by Crippen LogP contribution is 2.41. The molecule has 1 aromatic carbocycles. The number of rotatable bonds is 5. The van der Waals surface area contributed by atoms with Gasteiger partial charge in [0, 0.05) is 30.1 Å². The molecule has 0 amide bonds. The third-order valence-corrected chi connectivity index (χ3v) is 3.33. The highest BCUT2D eigenvalue weighted by Gasteiger charge is 2.14. The summed E-state index contributed by atoms with van der Waals surface area (Å²) in [6, 6.07) is 5.80. The molecule has 1 heterocycles. The zero-order valence-corrected chi connectivity index (χ0v) is 12.5. The Balaban J connectivity index is 2.52. The molecule has 5 heteroatoms. The molecule has 0 bridgehead atoms. The van der Waals surface area contributed by atoms with E-state index in [1.54, 1.807) is 20.4 Å². The van der Waals surface area contributed by atoms with Crippen molar-refractivity contribution in [2.75, 3.05) is 21.3 Å². The normalized spacial score (nSPS) is 10.4. The van der Waals surface area contributed by atoms with Crippen molar-refractivity contribution in [1.29, 1.82) is 0 Å². The maximum atomic E-state index is 6.28. The molecular formula is C15H17ClN2O2. The van der Waals surface area contributed by atoms with Gasteiger partial charge in [0.15, 0.2) is 0 Å². The fourth-order valence-electron chi connectivity index (χ4n) is 2.06. The van der Waals surface area contributed by atoms with Crippen molar-refractivity contribution in [2.24, 2.45) is 0 Å². The lowest BCUT2D eigenvalue weighted by Crippen LogP contribution is -2.05. The largest absolute Gasteiger partial charge is 0.495 e. The maximum Gasteiger partial charge on any atom is 0.149 e. The zero-order chi connectivity index (χ0) is 14.5. The van der Waals surface area contributed by atoms with Gasteiger partial charge in [-0.1, -0.05) is 11.6 Å². The van der Waals surface area contributed by atoms with Crippen LogP contribution in [0.5, 0.6) is 11.5 Å². The number of ether oxygens (including phenoxy) is 2. The van der Waals surface area contributed by atoms with Crippen LogP contribution in [0.1, 0.15) is 5.56 Å². The van der Waals surface area contributed by atoms with Crippen LogP contribution in [0.25, 0.3) is 11.1 Å². The molecule has 0 aliphatic heterocycles. The monoisotopic (exact) mass is 292 g/mol. The first kappa shape index (κ1) is 14.6. The number of nitrogens with zero attached hydrogens (tertiary/aromatic N) is 1. The summed E-state index contributed by atoms with van der Waals surface area (Å²) in [5, 5.41) is 3.57. The molecule has 0 aliphatic rings. The van der Waals surface area contributed by atoms with Gasteiger partial charge >= 0.3 is 0 Å². The lowest BCUT2D eigenvalue weighted by molar-refractivity contribution is 0.396. The minimum Gasteiger partial charge on any atom is -0.495 e. The molecule has 1 N–H and O–H groups in total. The Kier molecular flexibility index (Phi) is 4.82. The van der Waals surface area contributed by atoms with Gasteiger partial charge in [0.05, 0.1) is 14.2 Å². The third-order valence-electron chi connectivity index (χ3n) is 2.97. The van der Waals surface area contributed by atoms with Crippen LogP contribution < -0.4 is 14.8 Å². The van der Waals surface area contributed by atoms with Crippen molar-refractivity contribution in [1.82, 2.24) is 10.3 Å². The Morgan fingerprint density at radius 1 is 1.20 bits per heavy atom.